The molecule has 3 aliphatic heterocycles. The smallest absolute Gasteiger partial charge is 0.392 e. The van der Waals surface area contributed by atoms with Gasteiger partial charge in [-0.25, -0.2) is 0 Å². The van der Waals surface area contributed by atoms with Crippen molar-refractivity contribution in [3.63, 3.8) is 0 Å². The van der Waals surface area contributed by atoms with Gasteiger partial charge < -0.3 is 4.74 Å². The van der Waals surface area contributed by atoms with Gasteiger partial charge in [-0.15, -0.1) is 9.13 Å². The van der Waals surface area contributed by atoms with Crippen molar-refractivity contribution in [3.05, 3.63) is 167 Å². The minimum Gasteiger partial charge on any atom is -0.392 e. The lowest BCUT2D eigenvalue weighted by Gasteiger charge is -2.39. The number of imidazole rings is 1. The molecule has 4 nitrogen and oxygen atoms in total. The van der Waals surface area contributed by atoms with E-state index in [0.717, 1.165) is 50.1 Å². The van der Waals surface area contributed by atoms with Crippen LogP contribution in [-0.2, 0) is 16.7 Å². The zero-order valence-electron chi connectivity index (χ0n) is 48.9. The maximum Gasteiger partial charge on any atom is 0.499 e. The molecule has 2 aromatic heterocycles. The van der Waals surface area contributed by atoms with Crippen LogP contribution in [-0.4, -0.2) is 4.57 Å². The van der Waals surface area contributed by atoms with Gasteiger partial charge in [-0.1, -0.05) is 162 Å². The third kappa shape index (κ3) is 5.53. The summed E-state index contributed by atoms with van der Waals surface area (Å²) in [5.74, 6) is -3.32. The summed E-state index contributed by atoms with van der Waals surface area (Å²) in [6.07, 6.45) is -0.409. The van der Waals surface area contributed by atoms with Gasteiger partial charge in [0.1, 0.15) is 18.2 Å². The Kier molecular flexibility index (Phi) is 6.55. The molecule has 3 aliphatic rings. The van der Waals surface area contributed by atoms with Crippen LogP contribution in [0.3, 0.4) is 0 Å². The Balaban J connectivity index is 1.40. The number of hydrogen-bond donors (Lipinski definition) is 0. The highest BCUT2D eigenvalue weighted by molar-refractivity contribution is 5.98. The summed E-state index contributed by atoms with van der Waals surface area (Å²) in [4.78, 5) is 0. The Bertz CT molecular complexity index is 3780. The molecule has 6 aromatic carbocycles. The summed E-state index contributed by atoms with van der Waals surface area (Å²) >= 11 is 0. The number of benzene rings is 6. The van der Waals surface area contributed by atoms with Crippen LogP contribution < -0.4 is 13.9 Å². The fourth-order valence-electron chi connectivity index (χ4n) is 9.95. The minimum atomic E-state index is -1.88. The SMILES string of the molecule is [2H]c1c([2H])c([2H])c(-c2c([2H])c([2H])[n+]3c(c2[2H])-c2cc(C(C)(C)C)cc4c2C32Oc3c(cc(C([2H])(C)C)cc3C([2H])(C)C)-c3n(-c5ccc(C(C)(C)C(C)(C)C)cc5-c5ccccc5)c5cccc-4c5[n+]32)c([2H])c1[2H]. The van der Waals surface area contributed by atoms with Crippen LogP contribution in [0.2, 0.25) is 0 Å². The second-order valence-electron chi connectivity index (χ2n) is 20.9. The molecule has 64 heavy (non-hydrogen) atoms. The summed E-state index contributed by atoms with van der Waals surface area (Å²) < 4.78 is 108. The third-order valence-electron chi connectivity index (χ3n) is 14.5. The topological polar surface area (TPSA) is 21.9 Å². The van der Waals surface area contributed by atoms with E-state index in [9.17, 15) is 6.85 Å². The molecule has 0 radical (unpaired) electrons. The molecule has 1 spiro atoms. The molecule has 0 saturated heterocycles. The van der Waals surface area contributed by atoms with Crippen LogP contribution in [0.25, 0.3) is 72.7 Å². The second kappa shape index (κ2) is 13.6. The molecule has 0 bridgehead atoms. The number of nitrogens with zero attached hydrogens (tertiary/aromatic N) is 3. The van der Waals surface area contributed by atoms with Gasteiger partial charge in [0.15, 0.2) is 23.0 Å². The van der Waals surface area contributed by atoms with Crippen molar-refractivity contribution in [3.8, 4) is 67.5 Å². The van der Waals surface area contributed by atoms with Crippen molar-refractivity contribution in [2.75, 3.05) is 0 Å². The molecule has 0 aliphatic carbocycles. The maximum absolute atomic E-state index is 10.3. The van der Waals surface area contributed by atoms with Crippen LogP contribution >= 0.6 is 0 Å². The number of para-hydroxylation sites is 1. The highest BCUT2D eigenvalue weighted by Gasteiger charge is 2.69. The molecular formula is C60H61N3O+2. The second-order valence-corrected chi connectivity index (χ2v) is 20.9. The number of hydrogen-bond acceptors (Lipinski definition) is 1. The lowest BCUT2D eigenvalue weighted by molar-refractivity contribution is -0.997. The van der Waals surface area contributed by atoms with Crippen LogP contribution in [0.15, 0.2) is 139 Å². The average Bonchev–Trinajstić information content (AvgIpc) is 3.83. The molecule has 8 aromatic rings. The van der Waals surface area contributed by atoms with Crippen molar-refractivity contribution >= 4 is 11.0 Å². The molecule has 0 N–H and O–H groups in total. The van der Waals surface area contributed by atoms with Gasteiger partial charge in [0.2, 0.25) is 5.69 Å². The van der Waals surface area contributed by atoms with E-state index in [1.54, 1.807) is 18.4 Å². The first-order chi connectivity index (χ1) is 34.3. The average molecular weight is 850 g/mol. The largest absolute Gasteiger partial charge is 0.499 e. The van der Waals surface area contributed by atoms with Gasteiger partial charge in [0.25, 0.3) is 0 Å². The van der Waals surface area contributed by atoms with Crippen molar-refractivity contribution in [2.24, 2.45) is 5.41 Å². The number of ether oxygens (including phenoxy) is 1. The minimum absolute atomic E-state index is 0.112. The standard InChI is InChI=1S/C60H61N3O/c1-36(2)41-30-45(37(3)4)55-49(31-41)56-62(50-27-26-42(59(11,12)58(8,9)10)33-46(50)39-22-17-14-18-23-39)51-25-19-24-44-47-34-43(57(5,6)7)35-48-52-32-40(38-20-15-13-16-21-38)28-29-61(52)60(64-55,53(47)48)63(56)54(44)51/h13-37H,1-12H3/q+2/i13D,15D,16D,20D,21D,28D,29D,32D,36D,37D. The van der Waals surface area contributed by atoms with E-state index in [0.29, 0.717) is 39.4 Å². The van der Waals surface area contributed by atoms with Gasteiger partial charge in [-0.2, -0.15) is 4.57 Å². The Labute approximate surface area is 393 Å². The van der Waals surface area contributed by atoms with E-state index in [1.807, 2.05) is 56.3 Å². The van der Waals surface area contributed by atoms with E-state index in [-0.39, 0.29) is 33.7 Å². The summed E-state index contributed by atoms with van der Waals surface area (Å²) in [7, 11) is 0. The first-order valence-electron chi connectivity index (χ1n) is 27.4. The first-order valence-corrected chi connectivity index (χ1v) is 22.4. The molecule has 11 rings (SSSR count). The highest BCUT2D eigenvalue weighted by atomic mass is 16.5. The Hall–Kier alpha value is -6.26. The quantitative estimate of drug-likeness (QED) is 0.153. The molecule has 5 heterocycles. The van der Waals surface area contributed by atoms with Gasteiger partial charge >= 0.3 is 11.7 Å². The number of fused-ring (bicyclic) bond motifs is 5. The third-order valence-corrected chi connectivity index (χ3v) is 14.5. The van der Waals surface area contributed by atoms with Crippen molar-refractivity contribution < 1.29 is 27.6 Å². The predicted octanol–water partition coefficient (Wildman–Crippen LogP) is 14.6. The monoisotopic (exact) mass is 850 g/mol. The number of pyridine rings is 1. The van der Waals surface area contributed by atoms with Gasteiger partial charge in [0.05, 0.1) is 15.2 Å². The molecule has 0 amide bonds. The lowest BCUT2D eigenvalue weighted by atomic mass is 9.65. The van der Waals surface area contributed by atoms with E-state index in [4.69, 9.17) is 11.6 Å². The van der Waals surface area contributed by atoms with E-state index in [2.05, 4.69) is 113 Å². The summed E-state index contributed by atoms with van der Waals surface area (Å²) in [5.41, 5.74) is 9.76. The fraction of sp³-hybridized carbons (Fsp3) is 0.300. The Morgan fingerprint density at radius 2 is 1.38 bits per heavy atom. The first kappa shape index (κ1) is 30.8. The Morgan fingerprint density at radius 3 is 2.06 bits per heavy atom. The summed E-state index contributed by atoms with van der Waals surface area (Å²) in [6.45, 7) is 24.9. The van der Waals surface area contributed by atoms with Gasteiger partial charge in [0, 0.05) is 31.5 Å². The maximum atomic E-state index is 10.3. The Morgan fingerprint density at radius 1 is 0.656 bits per heavy atom. The molecule has 4 heteroatoms. The fourth-order valence-corrected chi connectivity index (χ4v) is 9.95. The molecule has 0 fully saturated rings. The lowest BCUT2D eigenvalue weighted by Crippen LogP contribution is -2.78. The predicted molar refractivity (Wildman–Crippen MR) is 263 cm³/mol. The zero-order chi connectivity index (χ0) is 53.6. The van der Waals surface area contributed by atoms with E-state index in [1.165, 1.54) is 0 Å². The van der Waals surface area contributed by atoms with Crippen molar-refractivity contribution in [1.29, 1.82) is 0 Å². The summed E-state index contributed by atoms with van der Waals surface area (Å²) in [5, 5.41) is 0. The normalized spacial score (nSPS) is 18.5. The summed E-state index contributed by atoms with van der Waals surface area (Å²) in [6, 6.07) is 27.5. The molecule has 0 saturated carbocycles. The molecule has 1 unspecified atom stereocenters. The van der Waals surface area contributed by atoms with E-state index < -0.39 is 65.5 Å². The van der Waals surface area contributed by atoms with Crippen LogP contribution in [0.5, 0.6) is 5.75 Å². The van der Waals surface area contributed by atoms with Crippen molar-refractivity contribution in [2.45, 2.75) is 112 Å². The van der Waals surface area contributed by atoms with Crippen LogP contribution in [0.4, 0.5) is 0 Å². The van der Waals surface area contributed by atoms with E-state index >= 15 is 0 Å². The van der Waals surface area contributed by atoms with Crippen molar-refractivity contribution in [1.82, 2.24) is 4.57 Å². The van der Waals surface area contributed by atoms with Crippen LogP contribution in [0, 0.1) is 5.41 Å². The molecule has 320 valence electrons. The van der Waals surface area contributed by atoms with Crippen LogP contribution in [0.1, 0.15) is 136 Å². The van der Waals surface area contributed by atoms with Gasteiger partial charge in [-0.05, 0) is 109 Å². The number of rotatable bonds is 6. The molecule has 1 atom stereocenters. The van der Waals surface area contributed by atoms with Gasteiger partial charge in [-0.3, -0.25) is 0 Å². The zero-order valence-corrected chi connectivity index (χ0v) is 38.9. The highest BCUT2D eigenvalue weighted by Crippen LogP contribution is 2.56. The molecular weight excluding hydrogens is 779 g/mol. The number of aromatic nitrogens is 3.